The standard InChI is InChI=1S/C17H12F2N4S/c1-9-20-13-7-6-10(8-14(13)24-9)21-16-11-4-2-3-5-12(11)22-17(23-16)15(18)19/h2-8,15H,1H3,(H,21,22,23). The van der Waals surface area contributed by atoms with E-state index in [0.717, 1.165) is 20.9 Å². The summed E-state index contributed by atoms with van der Waals surface area (Å²) < 4.78 is 27.2. The Morgan fingerprint density at radius 1 is 1.00 bits per heavy atom. The van der Waals surface area contributed by atoms with E-state index in [-0.39, 0.29) is 0 Å². The number of hydrogen-bond donors (Lipinski definition) is 1. The molecule has 0 amide bonds. The van der Waals surface area contributed by atoms with Gasteiger partial charge in [0.1, 0.15) is 5.82 Å². The highest BCUT2D eigenvalue weighted by Gasteiger charge is 2.15. The summed E-state index contributed by atoms with van der Waals surface area (Å²) in [5, 5.41) is 4.82. The summed E-state index contributed by atoms with van der Waals surface area (Å²) in [4.78, 5) is 12.3. The molecule has 0 spiro atoms. The first-order valence-corrected chi connectivity index (χ1v) is 8.11. The van der Waals surface area contributed by atoms with Crippen molar-refractivity contribution in [3.63, 3.8) is 0 Å². The summed E-state index contributed by atoms with van der Waals surface area (Å²) in [6.07, 6.45) is -2.72. The molecule has 4 nitrogen and oxygen atoms in total. The van der Waals surface area contributed by atoms with Gasteiger partial charge < -0.3 is 5.32 Å². The third kappa shape index (κ3) is 2.67. The Morgan fingerprint density at radius 2 is 1.83 bits per heavy atom. The van der Waals surface area contributed by atoms with Crippen LogP contribution in [0.25, 0.3) is 21.1 Å². The van der Waals surface area contributed by atoms with Gasteiger partial charge in [-0.1, -0.05) is 12.1 Å². The van der Waals surface area contributed by atoms with Gasteiger partial charge >= 0.3 is 0 Å². The normalized spacial score (nSPS) is 11.5. The predicted octanol–water partition coefficient (Wildman–Crippen LogP) is 5.23. The molecule has 0 aliphatic rings. The lowest BCUT2D eigenvalue weighted by atomic mass is 10.2. The van der Waals surface area contributed by atoms with Gasteiger partial charge in [-0.3, -0.25) is 0 Å². The molecule has 0 saturated carbocycles. The smallest absolute Gasteiger partial charge is 0.297 e. The van der Waals surface area contributed by atoms with Crippen molar-refractivity contribution in [3.8, 4) is 0 Å². The summed E-state index contributed by atoms with van der Waals surface area (Å²) in [6, 6.07) is 12.8. The average Bonchev–Trinajstić information content (AvgIpc) is 2.94. The molecule has 24 heavy (non-hydrogen) atoms. The Kier molecular flexibility index (Phi) is 3.57. The number of nitrogens with zero attached hydrogens (tertiary/aromatic N) is 3. The Hall–Kier alpha value is -2.67. The quantitative estimate of drug-likeness (QED) is 0.554. The Morgan fingerprint density at radius 3 is 2.67 bits per heavy atom. The van der Waals surface area contributed by atoms with Crippen LogP contribution in [0.15, 0.2) is 42.5 Å². The number of hydrogen-bond acceptors (Lipinski definition) is 5. The lowest BCUT2D eigenvalue weighted by Crippen LogP contribution is -2.02. The molecule has 0 fully saturated rings. The van der Waals surface area contributed by atoms with Crippen LogP contribution in [0.1, 0.15) is 17.3 Å². The highest BCUT2D eigenvalue weighted by atomic mass is 32.1. The lowest BCUT2D eigenvalue weighted by molar-refractivity contribution is 0.141. The largest absolute Gasteiger partial charge is 0.340 e. The maximum absolute atomic E-state index is 13.1. The van der Waals surface area contributed by atoms with Crippen LogP contribution < -0.4 is 5.32 Å². The van der Waals surface area contributed by atoms with Crippen molar-refractivity contribution in [1.82, 2.24) is 15.0 Å². The SMILES string of the molecule is Cc1nc2ccc(Nc3nc(C(F)F)nc4ccccc34)cc2s1. The maximum Gasteiger partial charge on any atom is 0.297 e. The summed E-state index contributed by atoms with van der Waals surface area (Å²) in [7, 11) is 0. The number of para-hydroxylation sites is 1. The molecule has 2 aromatic heterocycles. The van der Waals surface area contributed by atoms with E-state index < -0.39 is 12.2 Å². The third-order valence-corrected chi connectivity index (χ3v) is 4.51. The Bertz CT molecular complexity index is 1050. The topological polar surface area (TPSA) is 50.7 Å². The van der Waals surface area contributed by atoms with E-state index in [1.807, 2.05) is 37.3 Å². The zero-order chi connectivity index (χ0) is 16.7. The van der Waals surface area contributed by atoms with Crippen molar-refractivity contribution >= 4 is 44.0 Å². The number of aromatic nitrogens is 3. The molecule has 2 aromatic carbocycles. The fourth-order valence-corrected chi connectivity index (χ4v) is 3.41. The number of benzene rings is 2. The number of alkyl halides is 2. The maximum atomic E-state index is 13.1. The molecule has 0 aliphatic carbocycles. The van der Waals surface area contributed by atoms with E-state index in [4.69, 9.17) is 0 Å². The molecule has 4 rings (SSSR count). The molecule has 0 bridgehead atoms. The van der Waals surface area contributed by atoms with Crippen molar-refractivity contribution in [1.29, 1.82) is 0 Å². The second-order valence-corrected chi connectivity index (χ2v) is 6.52. The number of anilines is 2. The van der Waals surface area contributed by atoms with Gasteiger partial charge in [0.2, 0.25) is 0 Å². The van der Waals surface area contributed by atoms with Crippen LogP contribution in [0.3, 0.4) is 0 Å². The number of thiazole rings is 1. The summed E-state index contributed by atoms with van der Waals surface area (Å²) in [5.41, 5.74) is 2.18. The van der Waals surface area contributed by atoms with Gasteiger partial charge in [-0.05, 0) is 37.3 Å². The van der Waals surface area contributed by atoms with E-state index in [2.05, 4.69) is 20.3 Å². The highest BCUT2D eigenvalue weighted by molar-refractivity contribution is 7.18. The number of nitrogens with one attached hydrogen (secondary N) is 1. The molecule has 0 radical (unpaired) electrons. The van der Waals surface area contributed by atoms with E-state index in [1.165, 1.54) is 0 Å². The van der Waals surface area contributed by atoms with Crippen LogP contribution in [-0.2, 0) is 0 Å². The molecule has 0 saturated heterocycles. The van der Waals surface area contributed by atoms with Crippen molar-refractivity contribution in [2.45, 2.75) is 13.3 Å². The molecule has 0 unspecified atom stereocenters. The second-order valence-electron chi connectivity index (χ2n) is 5.29. The van der Waals surface area contributed by atoms with Gasteiger partial charge in [-0.2, -0.15) is 0 Å². The number of fused-ring (bicyclic) bond motifs is 2. The van der Waals surface area contributed by atoms with Crippen molar-refractivity contribution in [2.75, 3.05) is 5.32 Å². The van der Waals surface area contributed by atoms with Crippen LogP contribution in [0.4, 0.5) is 20.3 Å². The Labute approximate surface area is 140 Å². The molecule has 2 heterocycles. The number of rotatable bonds is 3. The zero-order valence-corrected chi connectivity index (χ0v) is 13.4. The van der Waals surface area contributed by atoms with Crippen LogP contribution >= 0.6 is 11.3 Å². The van der Waals surface area contributed by atoms with Crippen molar-refractivity contribution in [2.24, 2.45) is 0 Å². The molecule has 0 atom stereocenters. The molecular weight excluding hydrogens is 330 g/mol. The predicted molar refractivity (Wildman–Crippen MR) is 92.1 cm³/mol. The molecular formula is C17H12F2N4S. The molecule has 120 valence electrons. The fourth-order valence-electron chi connectivity index (χ4n) is 2.54. The first kappa shape index (κ1) is 14.9. The summed E-state index contributed by atoms with van der Waals surface area (Å²) >= 11 is 1.58. The van der Waals surface area contributed by atoms with Crippen molar-refractivity contribution in [3.05, 3.63) is 53.3 Å². The summed E-state index contributed by atoms with van der Waals surface area (Å²) in [6.45, 7) is 1.95. The molecule has 1 N–H and O–H groups in total. The lowest BCUT2D eigenvalue weighted by Gasteiger charge is -2.10. The summed E-state index contributed by atoms with van der Waals surface area (Å²) in [5.74, 6) is -0.109. The van der Waals surface area contributed by atoms with Crippen LogP contribution in [0, 0.1) is 6.92 Å². The van der Waals surface area contributed by atoms with E-state index >= 15 is 0 Å². The van der Waals surface area contributed by atoms with E-state index in [0.29, 0.717) is 16.7 Å². The van der Waals surface area contributed by atoms with Gasteiger partial charge in [-0.15, -0.1) is 11.3 Å². The van der Waals surface area contributed by atoms with Gasteiger partial charge in [0.15, 0.2) is 5.82 Å². The highest BCUT2D eigenvalue weighted by Crippen LogP contribution is 2.29. The van der Waals surface area contributed by atoms with Crippen LogP contribution in [-0.4, -0.2) is 15.0 Å². The van der Waals surface area contributed by atoms with Crippen molar-refractivity contribution < 1.29 is 8.78 Å². The van der Waals surface area contributed by atoms with E-state index in [1.54, 1.807) is 23.5 Å². The third-order valence-electron chi connectivity index (χ3n) is 3.57. The molecule has 7 heteroatoms. The minimum Gasteiger partial charge on any atom is -0.340 e. The average molecular weight is 342 g/mol. The van der Waals surface area contributed by atoms with Gasteiger partial charge in [0.25, 0.3) is 6.43 Å². The minimum absolute atomic E-state index is 0.372. The fraction of sp³-hybridized carbons (Fsp3) is 0.118. The van der Waals surface area contributed by atoms with Crippen LogP contribution in [0.5, 0.6) is 0 Å². The monoisotopic (exact) mass is 342 g/mol. The van der Waals surface area contributed by atoms with Gasteiger partial charge in [0.05, 0.1) is 20.7 Å². The first-order valence-electron chi connectivity index (χ1n) is 7.29. The zero-order valence-electron chi connectivity index (χ0n) is 12.6. The number of halogens is 2. The Balaban J connectivity index is 1.82. The van der Waals surface area contributed by atoms with Gasteiger partial charge in [-0.25, -0.2) is 23.7 Å². The molecule has 4 aromatic rings. The number of aryl methyl sites for hydroxylation is 1. The second kappa shape index (κ2) is 5.76. The van der Waals surface area contributed by atoms with Gasteiger partial charge in [0, 0.05) is 11.1 Å². The van der Waals surface area contributed by atoms with Crippen LogP contribution in [0.2, 0.25) is 0 Å². The first-order chi connectivity index (χ1) is 11.6. The molecule has 0 aliphatic heterocycles. The van der Waals surface area contributed by atoms with E-state index in [9.17, 15) is 8.78 Å². The minimum atomic E-state index is -2.72.